The Morgan fingerprint density at radius 3 is 2.21 bits per heavy atom. The Morgan fingerprint density at radius 1 is 1.03 bits per heavy atom. The summed E-state index contributed by atoms with van der Waals surface area (Å²) < 4.78 is 10.2. The minimum absolute atomic E-state index is 0.204. The Balaban J connectivity index is 0.000000181. The molecule has 0 unspecified atom stereocenters. The van der Waals surface area contributed by atoms with Gasteiger partial charge in [0.2, 0.25) is 13.2 Å². The summed E-state index contributed by atoms with van der Waals surface area (Å²) in [6, 6.07) is 15.9. The molecule has 0 fully saturated rings. The van der Waals surface area contributed by atoms with Crippen molar-refractivity contribution in [2.75, 3.05) is 13.3 Å². The van der Waals surface area contributed by atoms with Crippen LogP contribution in [0.5, 0.6) is 11.5 Å². The van der Waals surface area contributed by atoms with Crippen LogP contribution in [0.15, 0.2) is 48.5 Å². The van der Waals surface area contributed by atoms with Gasteiger partial charge in [-0.1, -0.05) is 44.2 Å². The Morgan fingerprint density at radius 2 is 1.62 bits per heavy atom. The van der Waals surface area contributed by atoms with E-state index in [9.17, 15) is 9.59 Å². The first-order chi connectivity index (χ1) is 14.1. The lowest BCUT2D eigenvalue weighted by Crippen LogP contribution is -2.14. The SMILES string of the molecule is CC(C)C=O.Cc1[nH]c2ccccc2c1CCNC=O.c1ccc2c(c1)OCO2. The molecule has 0 aliphatic carbocycles. The van der Waals surface area contributed by atoms with Crippen LogP contribution in [0.1, 0.15) is 25.1 Å². The highest BCUT2D eigenvalue weighted by Gasteiger charge is 2.09. The topological polar surface area (TPSA) is 80.4 Å². The fourth-order valence-corrected chi connectivity index (χ4v) is 2.76. The van der Waals surface area contributed by atoms with Crippen LogP contribution in [0.3, 0.4) is 0 Å². The van der Waals surface area contributed by atoms with Crippen molar-refractivity contribution in [1.82, 2.24) is 10.3 Å². The van der Waals surface area contributed by atoms with Crippen molar-refractivity contribution in [3.8, 4) is 11.5 Å². The fourth-order valence-electron chi connectivity index (χ4n) is 2.76. The predicted molar refractivity (Wildman–Crippen MR) is 114 cm³/mol. The number of aryl methyl sites for hydroxylation is 1. The van der Waals surface area contributed by atoms with Crippen molar-refractivity contribution in [3.63, 3.8) is 0 Å². The van der Waals surface area contributed by atoms with Gasteiger partial charge >= 0.3 is 0 Å². The quantitative estimate of drug-likeness (QED) is 0.504. The number of hydrogen-bond donors (Lipinski definition) is 2. The molecule has 2 heterocycles. The number of carbonyl (C=O) groups is 2. The number of aldehydes is 1. The van der Waals surface area contributed by atoms with Crippen LogP contribution in [-0.2, 0) is 16.0 Å². The van der Waals surface area contributed by atoms with Crippen molar-refractivity contribution in [1.29, 1.82) is 0 Å². The predicted octanol–water partition coefficient (Wildman–Crippen LogP) is 4.02. The molecular formula is C23H28N2O4. The maximum absolute atomic E-state index is 10.2. The van der Waals surface area contributed by atoms with E-state index >= 15 is 0 Å². The monoisotopic (exact) mass is 396 g/mol. The van der Waals surface area contributed by atoms with Gasteiger partial charge in [-0.05, 0) is 37.1 Å². The minimum atomic E-state index is 0.204. The highest BCUT2D eigenvalue weighted by Crippen LogP contribution is 2.30. The molecular weight excluding hydrogens is 368 g/mol. The largest absolute Gasteiger partial charge is 0.454 e. The molecule has 1 aliphatic heterocycles. The van der Waals surface area contributed by atoms with E-state index in [1.54, 1.807) is 0 Å². The number of aromatic amines is 1. The first kappa shape index (κ1) is 22.0. The maximum atomic E-state index is 10.2. The van der Waals surface area contributed by atoms with Crippen LogP contribution in [0.4, 0.5) is 0 Å². The number of carbonyl (C=O) groups excluding carboxylic acids is 2. The van der Waals surface area contributed by atoms with Gasteiger partial charge in [0.05, 0.1) is 0 Å². The molecule has 154 valence electrons. The summed E-state index contributed by atoms with van der Waals surface area (Å²) in [6.45, 7) is 6.82. The normalized spacial score (nSPS) is 11.2. The van der Waals surface area contributed by atoms with E-state index in [-0.39, 0.29) is 5.92 Å². The van der Waals surface area contributed by atoms with Crippen molar-refractivity contribution in [2.45, 2.75) is 27.2 Å². The number of hydrogen-bond acceptors (Lipinski definition) is 4. The van der Waals surface area contributed by atoms with E-state index in [0.29, 0.717) is 13.3 Å². The van der Waals surface area contributed by atoms with Crippen LogP contribution >= 0.6 is 0 Å². The van der Waals surface area contributed by atoms with E-state index in [2.05, 4.69) is 29.4 Å². The summed E-state index contributed by atoms with van der Waals surface area (Å²) in [5.74, 6) is 1.89. The molecule has 6 heteroatoms. The molecule has 1 aliphatic rings. The van der Waals surface area contributed by atoms with Gasteiger partial charge in [0.1, 0.15) is 6.29 Å². The summed E-state index contributed by atoms with van der Waals surface area (Å²) in [5, 5.41) is 3.94. The molecule has 0 saturated carbocycles. The molecule has 0 bridgehead atoms. The van der Waals surface area contributed by atoms with Gasteiger partial charge in [-0.2, -0.15) is 0 Å². The zero-order chi connectivity index (χ0) is 21.1. The summed E-state index contributed by atoms with van der Waals surface area (Å²) in [5.41, 5.74) is 3.64. The number of para-hydroxylation sites is 3. The van der Waals surface area contributed by atoms with Gasteiger partial charge in [0, 0.05) is 29.1 Å². The fraction of sp³-hybridized carbons (Fsp3) is 0.304. The van der Waals surface area contributed by atoms with E-state index in [1.165, 1.54) is 16.6 Å². The molecule has 2 N–H and O–H groups in total. The molecule has 0 spiro atoms. The first-order valence-corrected chi connectivity index (χ1v) is 9.60. The maximum Gasteiger partial charge on any atom is 0.231 e. The average molecular weight is 396 g/mol. The molecule has 1 aromatic heterocycles. The summed E-state index contributed by atoms with van der Waals surface area (Å²) in [6.07, 6.45) is 2.53. The third-order valence-corrected chi connectivity index (χ3v) is 4.18. The van der Waals surface area contributed by atoms with Crippen molar-refractivity contribution >= 4 is 23.6 Å². The van der Waals surface area contributed by atoms with Gasteiger partial charge < -0.3 is 24.6 Å². The first-order valence-electron chi connectivity index (χ1n) is 9.60. The van der Waals surface area contributed by atoms with Crippen molar-refractivity contribution < 1.29 is 19.1 Å². The van der Waals surface area contributed by atoms with Gasteiger partial charge in [-0.3, -0.25) is 4.79 Å². The van der Waals surface area contributed by atoms with Crippen LogP contribution in [0, 0.1) is 12.8 Å². The Kier molecular flexibility index (Phi) is 8.76. The van der Waals surface area contributed by atoms with E-state index in [4.69, 9.17) is 9.47 Å². The van der Waals surface area contributed by atoms with E-state index in [1.807, 2.05) is 50.2 Å². The number of rotatable bonds is 5. The molecule has 4 rings (SSSR count). The number of H-pyrrole nitrogens is 1. The Hall–Kier alpha value is -3.28. The summed E-state index contributed by atoms with van der Waals surface area (Å²) in [7, 11) is 0. The highest BCUT2D eigenvalue weighted by atomic mass is 16.7. The number of aromatic nitrogens is 1. The van der Waals surface area contributed by atoms with Gasteiger partial charge in [-0.15, -0.1) is 0 Å². The smallest absolute Gasteiger partial charge is 0.231 e. The molecule has 0 atom stereocenters. The van der Waals surface area contributed by atoms with E-state index < -0.39 is 0 Å². The van der Waals surface area contributed by atoms with Gasteiger partial charge in [0.15, 0.2) is 11.5 Å². The van der Waals surface area contributed by atoms with Crippen LogP contribution in [0.25, 0.3) is 10.9 Å². The molecule has 29 heavy (non-hydrogen) atoms. The minimum Gasteiger partial charge on any atom is -0.454 e. The third-order valence-electron chi connectivity index (χ3n) is 4.18. The second kappa shape index (κ2) is 11.5. The zero-order valence-electron chi connectivity index (χ0n) is 17.1. The van der Waals surface area contributed by atoms with Crippen LogP contribution in [-0.4, -0.2) is 31.0 Å². The van der Waals surface area contributed by atoms with Gasteiger partial charge in [-0.25, -0.2) is 0 Å². The highest BCUT2D eigenvalue weighted by molar-refractivity contribution is 5.84. The van der Waals surface area contributed by atoms with Crippen molar-refractivity contribution in [2.24, 2.45) is 5.92 Å². The van der Waals surface area contributed by atoms with Gasteiger partial charge in [0.25, 0.3) is 0 Å². The standard InChI is InChI=1S/C12H14N2O.C7H6O2.C4H8O/c1-9-10(6-7-13-8-15)11-4-2-3-5-12(11)14-9;1-2-4-7-6(3-1)8-5-9-7;1-4(2)3-5/h2-5,8,14H,6-7H2,1H3,(H,13,15);1-4H,5H2;3-4H,1-2H3. The lowest BCUT2D eigenvalue weighted by Gasteiger charge is -2.00. The number of amides is 1. The molecule has 2 aromatic carbocycles. The van der Waals surface area contributed by atoms with Crippen LogP contribution in [0.2, 0.25) is 0 Å². The number of fused-ring (bicyclic) bond motifs is 2. The Bertz CT molecular complexity index is 895. The molecule has 0 radical (unpaired) electrons. The number of nitrogens with one attached hydrogen (secondary N) is 2. The zero-order valence-corrected chi connectivity index (χ0v) is 17.1. The summed E-state index contributed by atoms with van der Waals surface area (Å²) in [4.78, 5) is 23.0. The lowest BCUT2D eigenvalue weighted by molar-refractivity contribution is -0.110. The lowest BCUT2D eigenvalue weighted by atomic mass is 10.1. The second-order valence-corrected chi connectivity index (χ2v) is 6.83. The average Bonchev–Trinajstić information content (AvgIpc) is 3.33. The van der Waals surface area contributed by atoms with Crippen molar-refractivity contribution in [3.05, 3.63) is 59.8 Å². The van der Waals surface area contributed by atoms with E-state index in [0.717, 1.165) is 36.1 Å². The number of benzene rings is 2. The third kappa shape index (κ3) is 6.68. The molecule has 3 aromatic rings. The molecule has 1 amide bonds. The van der Waals surface area contributed by atoms with Crippen LogP contribution < -0.4 is 14.8 Å². The molecule has 0 saturated heterocycles. The summed E-state index contributed by atoms with van der Waals surface area (Å²) >= 11 is 0. The Labute approximate surface area is 171 Å². The second-order valence-electron chi connectivity index (χ2n) is 6.83. The molecule has 6 nitrogen and oxygen atoms in total. The number of ether oxygens (including phenoxy) is 2.